The molecule has 9 heteroatoms. The molecular weight excluding hydrogens is 420 g/mol. The van der Waals surface area contributed by atoms with Crippen molar-refractivity contribution >= 4 is 28.6 Å². The van der Waals surface area contributed by atoms with Gasteiger partial charge in [-0.15, -0.1) is 10.2 Å². The van der Waals surface area contributed by atoms with Crippen LogP contribution in [-0.2, 0) is 30.7 Å². The van der Waals surface area contributed by atoms with Crippen LogP contribution in [0.2, 0.25) is 0 Å². The van der Waals surface area contributed by atoms with Crippen LogP contribution in [-0.4, -0.2) is 41.5 Å². The van der Waals surface area contributed by atoms with Gasteiger partial charge in [0.1, 0.15) is 5.54 Å². The van der Waals surface area contributed by atoms with E-state index < -0.39 is 11.6 Å². The summed E-state index contributed by atoms with van der Waals surface area (Å²) in [6.07, 6.45) is 1.77. The molecule has 4 aromatic rings. The summed E-state index contributed by atoms with van der Waals surface area (Å²) in [5, 5.41) is 12.0. The van der Waals surface area contributed by atoms with Gasteiger partial charge in [-0.3, -0.25) is 23.5 Å². The fourth-order valence-corrected chi connectivity index (χ4v) is 5.19. The van der Waals surface area contributed by atoms with E-state index in [9.17, 15) is 14.4 Å². The van der Waals surface area contributed by atoms with Crippen molar-refractivity contribution in [3.63, 3.8) is 0 Å². The van der Waals surface area contributed by atoms with Crippen molar-refractivity contribution in [2.24, 2.45) is 0 Å². The van der Waals surface area contributed by atoms with Crippen LogP contribution in [0.3, 0.4) is 0 Å². The van der Waals surface area contributed by atoms with Crippen molar-refractivity contribution in [1.82, 2.24) is 29.4 Å². The molecule has 2 aliphatic rings. The minimum absolute atomic E-state index is 0.0266. The number of urea groups is 1. The summed E-state index contributed by atoms with van der Waals surface area (Å²) in [7, 11) is 0. The average Bonchev–Trinajstić information content (AvgIpc) is 3.34. The highest BCUT2D eigenvalue weighted by molar-refractivity contribution is 6.07. The van der Waals surface area contributed by atoms with Crippen molar-refractivity contribution in [3.05, 3.63) is 75.8 Å². The highest BCUT2D eigenvalue weighted by Gasteiger charge is 2.52. The molecular formula is C24H22N6O3. The standard InChI is InChI=1S/C24H22N6O3/c1-2-28-20(31)17-9-5-6-10-18(17)30-19(26-27-22(28)30)14-29-21(32)24(25-23(29)33)12-11-15-7-3-4-8-16(15)13-24/h3-10H,2,11-14H2,1H3,(H,25,33). The van der Waals surface area contributed by atoms with E-state index in [-0.39, 0.29) is 18.0 Å². The molecule has 0 radical (unpaired) electrons. The number of aromatic nitrogens is 4. The van der Waals surface area contributed by atoms with E-state index in [2.05, 4.69) is 21.6 Å². The second-order valence-corrected chi connectivity index (χ2v) is 8.67. The van der Waals surface area contributed by atoms with Gasteiger partial charge in [-0.25, -0.2) is 4.79 Å². The van der Waals surface area contributed by atoms with E-state index in [0.29, 0.717) is 41.9 Å². The number of fused-ring (bicyclic) bond motifs is 4. The Bertz CT molecular complexity index is 1520. The predicted molar refractivity (Wildman–Crippen MR) is 121 cm³/mol. The van der Waals surface area contributed by atoms with Gasteiger partial charge in [0, 0.05) is 13.0 Å². The molecule has 0 bridgehead atoms. The number of hydrogen-bond acceptors (Lipinski definition) is 5. The summed E-state index contributed by atoms with van der Waals surface area (Å²) in [6, 6.07) is 14.8. The number of rotatable bonds is 3. The molecule has 1 atom stereocenters. The largest absolute Gasteiger partial charge is 0.325 e. The van der Waals surface area contributed by atoms with E-state index in [0.717, 1.165) is 12.0 Å². The van der Waals surface area contributed by atoms with Crippen molar-refractivity contribution in [2.45, 2.75) is 44.8 Å². The first kappa shape index (κ1) is 19.7. The molecule has 3 amide bonds. The van der Waals surface area contributed by atoms with E-state index in [1.807, 2.05) is 43.3 Å². The Kier molecular flexibility index (Phi) is 4.17. The molecule has 1 aliphatic heterocycles. The molecule has 1 aliphatic carbocycles. The number of nitrogens with one attached hydrogen (secondary N) is 1. The maximum absolute atomic E-state index is 13.5. The Balaban J connectivity index is 1.41. The minimum Gasteiger partial charge on any atom is -0.323 e. The summed E-state index contributed by atoms with van der Waals surface area (Å²) >= 11 is 0. The van der Waals surface area contributed by atoms with Crippen LogP contribution < -0.4 is 10.9 Å². The van der Waals surface area contributed by atoms with E-state index in [4.69, 9.17) is 0 Å². The van der Waals surface area contributed by atoms with Gasteiger partial charge in [-0.2, -0.15) is 0 Å². The third-order valence-corrected chi connectivity index (χ3v) is 6.87. The lowest BCUT2D eigenvalue weighted by atomic mass is 9.78. The van der Waals surface area contributed by atoms with Crippen molar-refractivity contribution in [3.8, 4) is 0 Å². The van der Waals surface area contributed by atoms with E-state index in [1.54, 1.807) is 15.0 Å². The molecule has 1 saturated heterocycles. The van der Waals surface area contributed by atoms with Crippen LogP contribution in [0.5, 0.6) is 0 Å². The SMILES string of the molecule is CCn1c(=O)c2ccccc2n2c(CN3C(=O)NC4(CCc5ccccc5C4)C3=O)nnc12. The van der Waals surface area contributed by atoms with Crippen molar-refractivity contribution in [1.29, 1.82) is 0 Å². The molecule has 166 valence electrons. The van der Waals surface area contributed by atoms with Gasteiger partial charge in [-0.1, -0.05) is 36.4 Å². The monoisotopic (exact) mass is 442 g/mol. The molecule has 2 aromatic heterocycles. The number of carbonyl (C=O) groups is 2. The first-order chi connectivity index (χ1) is 16.0. The van der Waals surface area contributed by atoms with E-state index in [1.165, 1.54) is 10.5 Å². The molecule has 9 nitrogen and oxygen atoms in total. The van der Waals surface area contributed by atoms with Gasteiger partial charge in [-0.05, 0) is 43.0 Å². The fourth-order valence-electron chi connectivity index (χ4n) is 5.19. The maximum atomic E-state index is 13.5. The number of para-hydroxylation sites is 1. The first-order valence-corrected chi connectivity index (χ1v) is 11.1. The highest BCUT2D eigenvalue weighted by atomic mass is 16.2. The van der Waals surface area contributed by atoms with Gasteiger partial charge in [0.05, 0.1) is 17.4 Å². The zero-order chi connectivity index (χ0) is 22.7. The first-order valence-electron chi connectivity index (χ1n) is 11.1. The zero-order valence-electron chi connectivity index (χ0n) is 18.1. The quantitative estimate of drug-likeness (QED) is 0.490. The molecule has 1 fully saturated rings. The molecule has 0 saturated carbocycles. The number of aryl methyl sites for hydroxylation is 2. The number of carbonyl (C=O) groups excluding carboxylic acids is 2. The van der Waals surface area contributed by atoms with Crippen LogP contribution in [0.15, 0.2) is 53.3 Å². The van der Waals surface area contributed by atoms with Crippen LogP contribution in [0.1, 0.15) is 30.3 Å². The lowest BCUT2D eigenvalue weighted by Crippen LogP contribution is -2.51. The molecule has 3 heterocycles. The fraction of sp³-hybridized carbons (Fsp3) is 0.292. The highest BCUT2D eigenvalue weighted by Crippen LogP contribution is 2.34. The Morgan fingerprint density at radius 3 is 2.58 bits per heavy atom. The summed E-state index contributed by atoms with van der Waals surface area (Å²) < 4.78 is 3.31. The summed E-state index contributed by atoms with van der Waals surface area (Å²) in [5.41, 5.74) is 1.88. The molecule has 1 N–H and O–H groups in total. The molecule has 2 aromatic carbocycles. The van der Waals surface area contributed by atoms with Gasteiger partial charge in [0.15, 0.2) is 5.82 Å². The minimum atomic E-state index is -0.931. The van der Waals surface area contributed by atoms with E-state index >= 15 is 0 Å². The lowest BCUT2D eigenvalue weighted by molar-refractivity contribution is -0.132. The normalized spacial score (nSPS) is 20.1. The van der Waals surface area contributed by atoms with Gasteiger partial charge in [0.25, 0.3) is 11.5 Å². The van der Waals surface area contributed by atoms with Gasteiger partial charge in [0.2, 0.25) is 5.78 Å². The number of nitrogens with zero attached hydrogens (tertiary/aromatic N) is 5. The second kappa shape index (κ2) is 6.99. The number of amides is 3. The Morgan fingerprint density at radius 2 is 1.76 bits per heavy atom. The van der Waals surface area contributed by atoms with Gasteiger partial charge < -0.3 is 5.32 Å². The van der Waals surface area contributed by atoms with Crippen LogP contribution in [0.4, 0.5) is 4.79 Å². The smallest absolute Gasteiger partial charge is 0.323 e. The molecule has 33 heavy (non-hydrogen) atoms. The van der Waals surface area contributed by atoms with Crippen molar-refractivity contribution in [2.75, 3.05) is 0 Å². The summed E-state index contributed by atoms with van der Waals surface area (Å²) in [4.78, 5) is 40.6. The Morgan fingerprint density at radius 1 is 1.00 bits per heavy atom. The average molecular weight is 442 g/mol. The zero-order valence-corrected chi connectivity index (χ0v) is 18.1. The lowest BCUT2D eigenvalue weighted by Gasteiger charge is -2.32. The van der Waals surface area contributed by atoms with Gasteiger partial charge >= 0.3 is 6.03 Å². The number of hydrogen-bond donors (Lipinski definition) is 1. The summed E-state index contributed by atoms with van der Waals surface area (Å²) in [6.45, 7) is 2.27. The number of imide groups is 1. The Hall–Kier alpha value is -4.01. The maximum Gasteiger partial charge on any atom is 0.325 e. The third kappa shape index (κ3) is 2.75. The topological polar surface area (TPSA) is 102 Å². The summed E-state index contributed by atoms with van der Waals surface area (Å²) in [5.74, 6) is 0.580. The molecule has 1 unspecified atom stereocenters. The number of benzene rings is 2. The third-order valence-electron chi connectivity index (χ3n) is 6.87. The second-order valence-electron chi connectivity index (χ2n) is 8.67. The predicted octanol–water partition coefficient (Wildman–Crippen LogP) is 2.04. The molecule has 1 spiro atoms. The molecule has 6 rings (SSSR count). The Labute approximate surface area is 188 Å². The van der Waals surface area contributed by atoms with Crippen LogP contribution >= 0.6 is 0 Å². The van der Waals surface area contributed by atoms with Crippen LogP contribution in [0, 0.1) is 0 Å². The van der Waals surface area contributed by atoms with Crippen LogP contribution in [0.25, 0.3) is 16.7 Å². The van der Waals surface area contributed by atoms with Crippen molar-refractivity contribution < 1.29 is 9.59 Å².